The van der Waals surface area contributed by atoms with Gasteiger partial charge in [0.1, 0.15) is 18.0 Å². The zero-order valence-electron chi connectivity index (χ0n) is 13.2. The Morgan fingerprint density at radius 1 is 1.00 bits per heavy atom. The Bertz CT molecular complexity index is 679. The van der Waals surface area contributed by atoms with Crippen LogP contribution < -0.4 is 9.80 Å². The van der Waals surface area contributed by atoms with Crippen molar-refractivity contribution in [1.29, 1.82) is 0 Å². The van der Waals surface area contributed by atoms with Crippen LogP contribution in [0, 0.1) is 0 Å². The van der Waals surface area contributed by atoms with Gasteiger partial charge in [-0.3, -0.25) is 4.68 Å². The van der Waals surface area contributed by atoms with Gasteiger partial charge in [-0.05, 0) is 19.3 Å². The largest absolute Gasteiger partial charge is 0.394 e. The van der Waals surface area contributed by atoms with E-state index in [4.69, 9.17) is 5.11 Å². The van der Waals surface area contributed by atoms with Crippen molar-refractivity contribution in [1.82, 2.24) is 19.7 Å². The quantitative estimate of drug-likeness (QED) is 0.914. The zero-order chi connectivity index (χ0) is 15.6. The van der Waals surface area contributed by atoms with Gasteiger partial charge in [0.05, 0.1) is 31.6 Å². The highest BCUT2D eigenvalue weighted by Gasteiger charge is 2.25. The van der Waals surface area contributed by atoms with Crippen LogP contribution in [0.1, 0.15) is 30.5 Å². The van der Waals surface area contributed by atoms with Gasteiger partial charge in [0.25, 0.3) is 0 Å². The molecule has 2 aliphatic heterocycles. The van der Waals surface area contributed by atoms with Crippen molar-refractivity contribution in [2.24, 2.45) is 0 Å². The molecule has 2 aromatic heterocycles. The Morgan fingerprint density at radius 3 is 2.57 bits per heavy atom. The number of hydrogen-bond donors (Lipinski definition) is 1. The molecule has 2 aromatic rings. The number of anilines is 2. The monoisotopic (exact) mass is 314 g/mol. The van der Waals surface area contributed by atoms with Crippen LogP contribution >= 0.6 is 0 Å². The van der Waals surface area contributed by atoms with Crippen molar-refractivity contribution in [2.75, 3.05) is 29.5 Å². The molecule has 0 aromatic carbocycles. The fraction of sp³-hybridized carbons (Fsp3) is 0.562. The summed E-state index contributed by atoms with van der Waals surface area (Å²) in [5.41, 5.74) is 2.40. The summed E-state index contributed by atoms with van der Waals surface area (Å²) < 4.78 is 1.89. The minimum absolute atomic E-state index is 0.112. The molecular weight excluding hydrogens is 292 g/mol. The van der Waals surface area contributed by atoms with E-state index >= 15 is 0 Å². The maximum Gasteiger partial charge on any atom is 0.134 e. The maximum atomic E-state index is 9.13. The van der Waals surface area contributed by atoms with E-state index < -0.39 is 0 Å². The number of aliphatic hydroxyl groups is 1. The number of aromatic nitrogens is 4. The van der Waals surface area contributed by atoms with E-state index in [9.17, 15) is 0 Å². The molecule has 0 saturated carbocycles. The summed E-state index contributed by atoms with van der Waals surface area (Å²) in [5.74, 6) is 2.00. The van der Waals surface area contributed by atoms with Crippen LogP contribution in [0.15, 0.2) is 18.6 Å². The normalized spacial score (nSPS) is 17.6. The van der Waals surface area contributed by atoms with Crippen LogP contribution in [0.5, 0.6) is 0 Å². The number of nitrogens with zero attached hydrogens (tertiary/aromatic N) is 6. The second kappa shape index (κ2) is 6.16. The molecule has 4 rings (SSSR count). The smallest absolute Gasteiger partial charge is 0.134 e. The van der Waals surface area contributed by atoms with Crippen molar-refractivity contribution < 1.29 is 5.11 Å². The van der Waals surface area contributed by atoms with Crippen molar-refractivity contribution in [3.63, 3.8) is 0 Å². The molecule has 2 aliphatic rings. The molecule has 1 N–H and O–H groups in total. The van der Waals surface area contributed by atoms with Crippen molar-refractivity contribution in [3.8, 4) is 0 Å². The molecule has 1 fully saturated rings. The molecule has 7 nitrogen and oxygen atoms in total. The van der Waals surface area contributed by atoms with Gasteiger partial charge in [-0.15, -0.1) is 0 Å². The Kier molecular flexibility index (Phi) is 3.87. The van der Waals surface area contributed by atoms with Crippen molar-refractivity contribution in [3.05, 3.63) is 29.8 Å². The molecular formula is C16H22N6O. The highest BCUT2D eigenvalue weighted by Crippen LogP contribution is 2.28. The summed E-state index contributed by atoms with van der Waals surface area (Å²) >= 11 is 0. The van der Waals surface area contributed by atoms with Gasteiger partial charge in [-0.1, -0.05) is 0 Å². The molecule has 0 bridgehead atoms. The highest BCUT2D eigenvalue weighted by atomic mass is 16.3. The van der Waals surface area contributed by atoms with Crippen molar-refractivity contribution >= 4 is 11.6 Å². The second-order valence-corrected chi connectivity index (χ2v) is 6.20. The lowest BCUT2D eigenvalue weighted by Gasteiger charge is -2.28. The molecule has 0 spiro atoms. The standard InChI is InChI=1S/C16H22N6O/c23-7-6-22-14-11-21(10-13(14)9-19-22)16-8-15(17-12-18-16)20-4-2-1-3-5-20/h8-9,12,23H,1-7,10-11H2. The van der Waals surface area contributed by atoms with Gasteiger partial charge in [0.2, 0.25) is 0 Å². The molecule has 4 heterocycles. The molecule has 122 valence electrons. The molecule has 0 atom stereocenters. The lowest BCUT2D eigenvalue weighted by molar-refractivity contribution is 0.267. The minimum Gasteiger partial charge on any atom is -0.394 e. The van der Waals surface area contributed by atoms with Crippen LogP contribution in [0.3, 0.4) is 0 Å². The summed E-state index contributed by atoms with van der Waals surface area (Å²) in [6, 6.07) is 2.10. The zero-order valence-corrected chi connectivity index (χ0v) is 13.2. The van der Waals surface area contributed by atoms with Crippen LogP contribution in [0.25, 0.3) is 0 Å². The first-order valence-electron chi connectivity index (χ1n) is 8.31. The predicted molar refractivity (Wildman–Crippen MR) is 87.3 cm³/mol. The predicted octanol–water partition coefficient (Wildman–Crippen LogP) is 1.18. The average Bonchev–Trinajstić information content (AvgIpc) is 3.18. The van der Waals surface area contributed by atoms with E-state index in [1.54, 1.807) is 6.33 Å². The third-order valence-corrected chi connectivity index (χ3v) is 4.69. The first kappa shape index (κ1) is 14.4. The Balaban J connectivity index is 1.53. The topological polar surface area (TPSA) is 70.3 Å². The molecule has 1 saturated heterocycles. The van der Waals surface area contributed by atoms with Gasteiger partial charge in [-0.25, -0.2) is 9.97 Å². The Hall–Kier alpha value is -2.15. The van der Waals surface area contributed by atoms with E-state index in [0.29, 0.717) is 6.54 Å². The molecule has 0 amide bonds. The van der Waals surface area contributed by atoms with Crippen molar-refractivity contribution in [2.45, 2.75) is 38.9 Å². The number of piperidine rings is 1. The number of hydrogen-bond acceptors (Lipinski definition) is 6. The summed E-state index contributed by atoms with van der Waals surface area (Å²) in [6.45, 7) is 4.43. The fourth-order valence-electron chi connectivity index (χ4n) is 3.46. The van der Waals surface area contributed by atoms with E-state index in [-0.39, 0.29) is 6.61 Å². The van der Waals surface area contributed by atoms with Crippen LogP contribution in [-0.4, -0.2) is 44.6 Å². The Morgan fingerprint density at radius 2 is 1.78 bits per heavy atom. The highest BCUT2D eigenvalue weighted by molar-refractivity contribution is 5.52. The van der Waals surface area contributed by atoms with Gasteiger partial charge in [-0.2, -0.15) is 5.10 Å². The lowest BCUT2D eigenvalue weighted by Crippen LogP contribution is -2.30. The van der Waals surface area contributed by atoms with Gasteiger partial charge < -0.3 is 14.9 Å². The van der Waals surface area contributed by atoms with E-state index in [0.717, 1.165) is 37.8 Å². The maximum absolute atomic E-state index is 9.13. The molecule has 0 unspecified atom stereocenters. The molecule has 23 heavy (non-hydrogen) atoms. The third kappa shape index (κ3) is 2.76. The average molecular weight is 314 g/mol. The summed E-state index contributed by atoms with van der Waals surface area (Å²) in [5, 5.41) is 13.5. The van der Waals surface area contributed by atoms with Gasteiger partial charge >= 0.3 is 0 Å². The van der Waals surface area contributed by atoms with E-state index in [1.807, 2.05) is 10.9 Å². The summed E-state index contributed by atoms with van der Waals surface area (Å²) in [6.07, 6.45) is 7.37. The minimum atomic E-state index is 0.112. The third-order valence-electron chi connectivity index (χ3n) is 4.69. The Labute approximate surface area is 135 Å². The number of rotatable bonds is 4. The SMILES string of the molecule is OCCn1ncc2c1CN(c1cc(N3CCCCC3)ncn1)C2. The molecule has 7 heteroatoms. The second-order valence-electron chi connectivity index (χ2n) is 6.20. The fourth-order valence-corrected chi connectivity index (χ4v) is 3.46. The van der Waals surface area contributed by atoms with E-state index in [1.165, 1.54) is 30.5 Å². The summed E-state index contributed by atoms with van der Waals surface area (Å²) in [7, 11) is 0. The van der Waals surface area contributed by atoms with Gasteiger partial charge in [0, 0.05) is 31.3 Å². The van der Waals surface area contributed by atoms with Crippen LogP contribution in [0.2, 0.25) is 0 Å². The first-order valence-corrected chi connectivity index (χ1v) is 8.31. The lowest BCUT2D eigenvalue weighted by atomic mass is 10.1. The molecule has 0 aliphatic carbocycles. The van der Waals surface area contributed by atoms with Crippen LogP contribution in [0.4, 0.5) is 11.6 Å². The number of aliphatic hydroxyl groups excluding tert-OH is 1. The summed E-state index contributed by atoms with van der Waals surface area (Å²) in [4.78, 5) is 13.5. The molecule has 0 radical (unpaired) electrons. The first-order chi connectivity index (χ1) is 11.3. The number of fused-ring (bicyclic) bond motifs is 1. The van der Waals surface area contributed by atoms with Crippen LogP contribution in [-0.2, 0) is 19.6 Å². The van der Waals surface area contributed by atoms with Gasteiger partial charge in [0.15, 0.2) is 0 Å². The van der Waals surface area contributed by atoms with E-state index in [2.05, 4.69) is 30.9 Å².